The van der Waals surface area contributed by atoms with Crippen molar-refractivity contribution in [1.29, 1.82) is 0 Å². The Morgan fingerprint density at radius 2 is 0.574 bits per heavy atom. The third-order valence-electron chi connectivity index (χ3n) is 7.83. The van der Waals surface area contributed by atoms with Gasteiger partial charge in [-0.25, -0.2) is 0 Å². The first-order valence-corrected chi connectivity index (χ1v) is 40.2. The first-order valence-electron chi connectivity index (χ1n) is 19.2. The lowest BCUT2D eigenvalue weighted by molar-refractivity contribution is 1.57. The van der Waals surface area contributed by atoms with E-state index in [1.54, 1.807) is 0 Å². The molecule has 0 saturated heterocycles. The standard InChI is InChI=1S/C48H60Si6/c1-49(2,3)31-25-37-23-24-43-39-21-19-20-22-42(39)47-44(29-35-53(13,14)15)40(27-33-51(7,8)9)41(28-34-52(10,11)12)45(30-36-54(16,17)18)48(47)46(43)38(37)26-32-50(4,5)6/h19-24H,1-18H3. The smallest absolute Gasteiger partial charge is 0.127 e. The summed E-state index contributed by atoms with van der Waals surface area (Å²) in [5.41, 5.74) is 28.4. The van der Waals surface area contributed by atoms with E-state index in [4.69, 9.17) is 0 Å². The van der Waals surface area contributed by atoms with Crippen molar-refractivity contribution in [3.05, 3.63) is 69.8 Å². The minimum Gasteiger partial charge on any atom is -0.127 e. The van der Waals surface area contributed by atoms with Gasteiger partial charge in [0.1, 0.15) is 48.4 Å². The van der Waals surface area contributed by atoms with Gasteiger partial charge in [-0.05, 0) is 22.2 Å². The topological polar surface area (TPSA) is 0 Å². The highest BCUT2D eigenvalue weighted by Gasteiger charge is 2.25. The van der Waals surface area contributed by atoms with E-state index in [1.165, 1.54) is 16.2 Å². The Labute approximate surface area is 335 Å². The summed E-state index contributed by atoms with van der Waals surface area (Å²) in [6.45, 7) is 41.6. The van der Waals surface area contributed by atoms with Gasteiger partial charge in [-0.15, -0.1) is 33.3 Å². The fourth-order valence-corrected chi connectivity index (χ4v) is 8.54. The Morgan fingerprint density at radius 3 is 0.981 bits per heavy atom. The van der Waals surface area contributed by atoms with Gasteiger partial charge < -0.3 is 0 Å². The number of hydrogen-bond donors (Lipinski definition) is 0. The highest BCUT2D eigenvalue weighted by molar-refractivity contribution is 6.86. The van der Waals surface area contributed by atoms with E-state index in [1.807, 2.05) is 0 Å². The summed E-state index contributed by atoms with van der Waals surface area (Å²) in [4.78, 5) is 0. The summed E-state index contributed by atoms with van der Waals surface area (Å²) >= 11 is 0. The number of benzene rings is 4. The summed E-state index contributed by atoms with van der Waals surface area (Å²) < 4.78 is 0. The van der Waals surface area contributed by atoms with Crippen LogP contribution in [0.25, 0.3) is 32.3 Å². The van der Waals surface area contributed by atoms with Crippen molar-refractivity contribution >= 4 is 80.8 Å². The molecule has 0 atom stereocenters. The molecule has 6 heteroatoms. The molecule has 0 amide bonds. The first kappa shape index (κ1) is 43.1. The Bertz CT molecular complexity index is 2540. The summed E-state index contributed by atoms with van der Waals surface area (Å²) in [6, 6.07) is 13.3. The largest absolute Gasteiger partial charge is 0.129 e. The van der Waals surface area contributed by atoms with Crippen molar-refractivity contribution in [2.75, 3.05) is 0 Å². The van der Waals surface area contributed by atoms with E-state index in [0.717, 1.165) is 49.5 Å². The average Bonchev–Trinajstić information content (AvgIpc) is 3.00. The third-order valence-corrected chi connectivity index (χ3v) is 13.1. The number of fused-ring (bicyclic) bond motifs is 6. The lowest BCUT2D eigenvalue weighted by atomic mass is 9.82. The van der Waals surface area contributed by atoms with Crippen LogP contribution in [0.2, 0.25) is 118 Å². The monoisotopic (exact) mass is 804 g/mol. The van der Waals surface area contributed by atoms with Gasteiger partial charge >= 0.3 is 0 Å². The van der Waals surface area contributed by atoms with E-state index in [2.05, 4.69) is 223 Å². The zero-order valence-corrected chi connectivity index (χ0v) is 42.5. The average molecular weight is 806 g/mol. The van der Waals surface area contributed by atoms with Gasteiger partial charge in [0.15, 0.2) is 0 Å². The maximum atomic E-state index is 3.86. The first-order chi connectivity index (χ1) is 24.5. The van der Waals surface area contributed by atoms with Gasteiger partial charge in [-0.2, -0.15) is 0 Å². The predicted molar refractivity (Wildman–Crippen MR) is 260 cm³/mol. The maximum absolute atomic E-state index is 3.86. The van der Waals surface area contributed by atoms with Gasteiger partial charge in [0.05, 0.1) is 11.1 Å². The van der Waals surface area contributed by atoms with Gasteiger partial charge in [0, 0.05) is 38.4 Å². The van der Waals surface area contributed by atoms with Crippen LogP contribution in [0.15, 0.2) is 36.4 Å². The van der Waals surface area contributed by atoms with E-state index < -0.39 is 48.4 Å². The Hall–Kier alpha value is -3.68. The van der Waals surface area contributed by atoms with Crippen LogP contribution >= 0.6 is 0 Å². The maximum Gasteiger partial charge on any atom is 0.129 e. The van der Waals surface area contributed by atoms with Crippen LogP contribution in [0.3, 0.4) is 0 Å². The van der Waals surface area contributed by atoms with E-state index in [0.29, 0.717) is 0 Å². The van der Waals surface area contributed by atoms with Gasteiger partial charge in [-0.1, -0.05) is 184 Å². The molecule has 0 unspecified atom stereocenters. The minimum atomic E-state index is -1.84. The lowest BCUT2D eigenvalue weighted by Gasteiger charge is -2.20. The van der Waals surface area contributed by atoms with Crippen molar-refractivity contribution in [2.45, 2.75) is 118 Å². The van der Waals surface area contributed by atoms with Crippen LogP contribution in [0.1, 0.15) is 33.4 Å². The molecule has 0 N–H and O–H groups in total. The molecule has 54 heavy (non-hydrogen) atoms. The zero-order valence-electron chi connectivity index (χ0n) is 36.5. The molecule has 0 nitrogen and oxygen atoms in total. The fourth-order valence-electron chi connectivity index (χ4n) is 5.53. The van der Waals surface area contributed by atoms with Crippen LogP contribution in [0, 0.1) is 68.8 Å². The molecule has 0 saturated carbocycles. The summed E-state index contributed by atoms with van der Waals surface area (Å²) in [6.07, 6.45) is 0. The second-order valence-electron chi connectivity index (χ2n) is 20.7. The third kappa shape index (κ3) is 11.7. The van der Waals surface area contributed by atoms with Crippen LogP contribution in [0.4, 0.5) is 0 Å². The van der Waals surface area contributed by atoms with Crippen LogP contribution in [-0.2, 0) is 0 Å². The molecule has 0 fully saturated rings. The molecule has 0 aliphatic rings. The van der Waals surface area contributed by atoms with Crippen molar-refractivity contribution in [2.24, 2.45) is 0 Å². The van der Waals surface area contributed by atoms with Crippen molar-refractivity contribution in [3.8, 4) is 68.8 Å². The molecule has 4 aromatic carbocycles. The lowest BCUT2D eigenvalue weighted by Crippen LogP contribution is -2.18. The predicted octanol–water partition coefficient (Wildman–Crippen LogP) is 12.5. The molecule has 4 rings (SSSR count). The molecular formula is C48H60Si6. The van der Waals surface area contributed by atoms with E-state index in [-0.39, 0.29) is 0 Å². The number of rotatable bonds is 0. The molecule has 0 bridgehead atoms. The molecule has 0 heterocycles. The normalized spacial score (nSPS) is 12.1. The zero-order chi connectivity index (χ0) is 40.7. The van der Waals surface area contributed by atoms with Crippen molar-refractivity contribution in [3.63, 3.8) is 0 Å². The molecule has 0 aliphatic heterocycles. The van der Waals surface area contributed by atoms with E-state index >= 15 is 0 Å². The second-order valence-corrected chi connectivity index (χ2v) is 49.2. The van der Waals surface area contributed by atoms with Crippen LogP contribution in [0.5, 0.6) is 0 Å². The number of hydrogen-bond acceptors (Lipinski definition) is 0. The summed E-state index contributed by atoms with van der Waals surface area (Å²) in [5, 5.41) is 6.86. The summed E-state index contributed by atoms with van der Waals surface area (Å²) in [5.74, 6) is 22.8. The highest BCUT2D eigenvalue weighted by atomic mass is 28.3. The van der Waals surface area contributed by atoms with Crippen molar-refractivity contribution in [1.82, 2.24) is 0 Å². The van der Waals surface area contributed by atoms with Crippen LogP contribution < -0.4 is 0 Å². The molecule has 276 valence electrons. The fraction of sp³-hybridized carbons (Fsp3) is 0.375. The van der Waals surface area contributed by atoms with Gasteiger partial charge in [0.25, 0.3) is 0 Å². The molecule has 0 radical (unpaired) electrons. The molecule has 4 aromatic rings. The second kappa shape index (κ2) is 15.5. The van der Waals surface area contributed by atoms with Gasteiger partial charge in [0.2, 0.25) is 0 Å². The summed E-state index contributed by atoms with van der Waals surface area (Å²) in [7, 11) is -10.8. The van der Waals surface area contributed by atoms with Crippen LogP contribution in [-0.4, -0.2) is 48.4 Å². The molecule has 0 spiro atoms. The molecule has 0 aromatic heterocycles. The SMILES string of the molecule is C[Si](C)(C)C#Cc1ccc2c3ccccc3c3c(C#C[Si](C)(C)C)c(C#C[Si](C)(C)C)c(C#C[Si](C)(C)C)c(C#C[Si](C)(C)C)c3c2c1C#C[Si](C)(C)C. The Morgan fingerprint density at radius 1 is 0.278 bits per heavy atom. The Balaban J connectivity index is 2.68. The Kier molecular flexibility index (Phi) is 12.3. The molecule has 0 aliphatic carbocycles. The van der Waals surface area contributed by atoms with E-state index in [9.17, 15) is 0 Å². The molecular weight excluding hydrogens is 745 g/mol. The highest BCUT2D eigenvalue weighted by Crippen LogP contribution is 2.43. The van der Waals surface area contributed by atoms with Crippen molar-refractivity contribution < 1.29 is 0 Å². The van der Waals surface area contributed by atoms with Gasteiger partial charge in [-0.3, -0.25) is 0 Å². The quantitative estimate of drug-likeness (QED) is 0.0943. The minimum absolute atomic E-state index is 0.931.